The van der Waals surface area contributed by atoms with Crippen molar-refractivity contribution < 1.29 is 8.42 Å². The molecule has 0 spiro atoms. The van der Waals surface area contributed by atoms with Crippen molar-refractivity contribution in [2.75, 3.05) is 0 Å². The molecule has 0 fully saturated rings. The van der Waals surface area contributed by atoms with Crippen LogP contribution in [0.2, 0.25) is 0 Å². The number of thiophene rings is 2. The van der Waals surface area contributed by atoms with Crippen LogP contribution < -0.4 is 4.72 Å². The second-order valence-electron chi connectivity index (χ2n) is 4.28. The van der Waals surface area contributed by atoms with Crippen LogP contribution in [0.4, 0.5) is 0 Å². The SMILES string of the molecule is O=S(=O)(NCc1ccnc(-c2cccs2)c1)c1cccs1. The van der Waals surface area contributed by atoms with Gasteiger partial charge in [0.2, 0.25) is 10.0 Å². The van der Waals surface area contributed by atoms with Gasteiger partial charge >= 0.3 is 0 Å². The highest BCUT2D eigenvalue weighted by Crippen LogP contribution is 2.23. The van der Waals surface area contributed by atoms with Gasteiger partial charge in [-0.25, -0.2) is 13.1 Å². The number of nitrogens with one attached hydrogen (secondary N) is 1. The first-order valence-corrected chi connectivity index (χ1v) is 9.41. The van der Waals surface area contributed by atoms with E-state index >= 15 is 0 Å². The van der Waals surface area contributed by atoms with Gasteiger partial charge in [-0.3, -0.25) is 4.98 Å². The van der Waals surface area contributed by atoms with E-state index in [1.54, 1.807) is 35.0 Å². The van der Waals surface area contributed by atoms with Crippen LogP contribution in [0.1, 0.15) is 5.56 Å². The molecular weight excluding hydrogens is 324 g/mol. The van der Waals surface area contributed by atoms with Crippen LogP contribution in [0.15, 0.2) is 57.6 Å². The molecule has 0 saturated heterocycles. The van der Waals surface area contributed by atoms with Gasteiger partial charge in [-0.2, -0.15) is 0 Å². The van der Waals surface area contributed by atoms with Crippen LogP contribution in [-0.4, -0.2) is 13.4 Å². The number of hydrogen-bond acceptors (Lipinski definition) is 5. The van der Waals surface area contributed by atoms with Crippen molar-refractivity contribution in [1.29, 1.82) is 0 Å². The van der Waals surface area contributed by atoms with Crippen LogP contribution in [-0.2, 0) is 16.6 Å². The molecule has 3 heterocycles. The Bertz CT molecular complexity index is 810. The van der Waals surface area contributed by atoms with Crippen molar-refractivity contribution in [1.82, 2.24) is 9.71 Å². The number of rotatable bonds is 5. The Morgan fingerprint density at radius 3 is 2.62 bits per heavy atom. The largest absolute Gasteiger partial charge is 0.255 e. The summed E-state index contributed by atoms with van der Waals surface area (Å²) in [5.41, 5.74) is 1.74. The second kappa shape index (κ2) is 6.07. The van der Waals surface area contributed by atoms with Crippen LogP contribution in [0.5, 0.6) is 0 Å². The van der Waals surface area contributed by atoms with E-state index in [0.29, 0.717) is 4.21 Å². The molecular formula is C14H12N2O2S3. The fraction of sp³-hybridized carbons (Fsp3) is 0.0714. The van der Waals surface area contributed by atoms with Gasteiger partial charge in [-0.15, -0.1) is 22.7 Å². The molecule has 0 bridgehead atoms. The van der Waals surface area contributed by atoms with Gasteiger partial charge in [-0.05, 0) is 40.6 Å². The average molecular weight is 336 g/mol. The summed E-state index contributed by atoms with van der Waals surface area (Å²) < 4.78 is 27.1. The van der Waals surface area contributed by atoms with Crippen LogP contribution in [0.25, 0.3) is 10.6 Å². The molecule has 1 N–H and O–H groups in total. The fourth-order valence-electron chi connectivity index (χ4n) is 1.81. The molecule has 0 unspecified atom stereocenters. The van der Waals surface area contributed by atoms with E-state index in [0.717, 1.165) is 16.1 Å². The van der Waals surface area contributed by atoms with E-state index in [4.69, 9.17) is 0 Å². The number of hydrogen-bond donors (Lipinski definition) is 1. The summed E-state index contributed by atoms with van der Waals surface area (Å²) in [4.78, 5) is 5.38. The standard InChI is InChI=1S/C14H12N2O2S3/c17-21(18,14-4-2-8-20-14)16-10-11-5-6-15-12(9-11)13-3-1-7-19-13/h1-9,16H,10H2. The number of pyridine rings is 1. The molecule has 0 saturated carbocycles. The maximum atomic E-state index is 12.1. The third-order valence-electron chi connectivity index (χ3n) is 2.82. The zero-order valence-electron chi connectivity index (χ0n) is 10.9. The summed E-state index contributed by atoms with van der Waals surface area (Å²) in [6, 6.07) is 11.0. The molecule has 7 heteroatoms. The highest BCUT2D eigenvalue weighted by molar-refractivity contribution is 7.91. The number of sulfonamides is 1. The lowest BCUT2D eigenvalue weighted by molar-refractivity contribution is 0.583. The Morgan fingerprint density at radius 2 is 1.90 bits per heavy atom. The average Bonchev–Trinajstić information content (AvgIpc) is 3.18. The van der Waals surface area contributed by atoms with Crippen LogP contribution >= 0.6 is 22.7 Å². The maximum absolute atomic E-state index is 12.1. The Hall–Kier alpha value is -1.54. The van der Waals surface area contributed by atoms with Crippen LogP contribution in [0, 0.1) is 0 Å². The minimum absolute atomic E-state index is 0.251. The lowest BCUT2D eigenvalue weighted by Gasteiger charge is -2.06. The van der Waals surface area contributed by atoms with E-state index in [9.17, 15) is 8.42 Å². The molecule has 0 aromatic carbocycles. The first-order chi connectivity index (χ1) is 10.1. The van der Waals surface area contributed by atoms with E-state index in [-0.39, 0.29) is 6.54 Å². The van der Waals surface area contributed by atoms with Crippen molar-refractivity contribution in [2.45, 2.75) is 10.8 Å². The lowest BCUT2D eigenvalue weighted by Crippen LogP contribution is -2.22. The molecule has 21 heavy (non-hydrogen) atoms. The quantitative estimate of drug-likeness (QED) is 0.777. The molecule has 0 aliphatic heterocycles. The molecule has 0 aliphatic rings. The van der Waals surface area contributed by atoms with E-state index in [1.165, 1.54) is 11.3 Å². The van der Waals surface area contributed by atoms with Crippen molar-refractivity contribution in [3.8, 4) is 10.6 Å². The zero-order chi connectivity index (χ0) is 14.7. The molecule has 3 aromatic heterocycles. The first-order valence-electron chi connectivity index (χ1n) is 6.17. The van der Waals surface area contributed by atoms with Gasteiger partial charge < -0.3 is 0 Å². The molecule has 3 aromatic rings. The van der Waals surface area contributed by atoms with Gasteiger partial charge in [0, 0.05) is 12.7 Å². The molecule has 0 amide bonds. The number of nitrogens with zero attached hydrogens (tertiary/aromatic N) is 1. The van der Waals surface area contributed by atoms with Crippen molar-refractivity contribution in [2.24, 2.45) is 0 Å². The van der Waals surface area contributed by atoms with E-state index in [1.807, 2.05) is 29.6 Å². The van der Waals surface area contributed by atoms with Crippen molar-refractivity contribution in [3.05, 3.63) is 58.9 Å². The summed E-state index contributed by atoms with van der Waals surface area (Å²) >= 11 is 2.81. The summed E-state index contributed by atoms with van der Waals surface area (Å²) in [5.74, 6) is 0. The highest BCUT2D eigenvalue weighted by Gasteiger charge is 2.14. The van der Waals surface area contributed by atoms with E-state index in [2.05, 4.69) is 9.71 Å². The Balaban J connectivity index is 1.76. The maximum Gasteiger partial charge on any atom is 0.250 e. The predicted octanol–water partition coefficient (Wildman–Crippen LogP) is 3.35. The summed E-state index contributed by atoms with van der Waals surface area (Å²) in [7, 11) is -3.43. The topological polar surface area (TPSA) is 59.1 Å². The molecule has 108 valence electrons. The Kier molecular flexibility index (Phi) is 4.16. The monoisotopic (exact) mass is 336 g/mol. The third-order valence-corrected chi connectivity index (χ3v) is 6.52. The van der Waals surface area contributed by atoms with Gasteiger partial charge in [0.1, 0.15) is 4.21 Å². The number of aromatic nitrogens is 1. The first kappa shape index (κ1) is 14.4. The third kappa shape index (κ3) is 3.38. The molecule has 3 rings (SSSR count). The van der Waals surface area contributed by atoms with Gasteiger partial charge in [0.15, 0.2) is 0 Å². The minimum atomic E-state index is -3.43. The summed E-state index contributed by atoms with van der Waals surface area (Å²) in [6.07, 6.45) is 1.70. The molecule has 0 aliphatic carbocycles. The van der Waals surface area contributed by atoms with Crippen LogP contribution in [0.3, 0.4) is 0 Å². The zero-order valence-corrected chi connectivity index (χ0v) is 13.3. The Morgan fingerprint density at radius 1 is 1.10 bits per heavy atom. The van der Waals surface area contributed by atoms with Gasteiger partial charge in [-0.1, -0.05) is 12.1 Å². The lowest BCUT2D eigenvalue weighted by atomic mass is 10.2. The second-order valence-corrected chi connectivity index (χ2v) is 8.17. The van der Waals surface area contributed by atoms with Gasteiger partial charge in [0.25, 0.3) is 0 Å². The molecule has 4 nitrogen and oxygen atoms in total. The summed E-state index contributed by atoms with van der Waals surface area (Å²) in [5, 5.41) is 3.74. The van der Waals surface area contributed by atoms with Crippen molar-refractivity contribution >= 4 is 32.7 Å². The highest BCUT2D eigenvalue weighted by atomic mass is 32.2. The predicted molar refractivity (Wildman–Crippen MR) is 85.9 cm³/mol. The fourth-order valence-corrected chi connectivity index (χ4v) is 4.56. The van der Waals surface area contributed by atoms with Gasteiger partial charge in [0.05, 0.1) is 10.6 Å². The minimum Gasteiger partial charge on any atom is -0.255 e. The smallest absolute Gasteiger partial charge is 0.250 e. The normalized spacial score (nSPS) is 11.6. The summed E-state index contributed by atoms with van der Waals surface area (Å²) in [6.45, 7) is 0.251. The molecule has 0 atom stereocenters. The Labute approximate surface area is 131 Å². The van der Waals surface area contributed by atoms with E-state index < -0.39 is 10.0 Å². The molecule has 0 radical (unpaired) electrons. The van der Waals surface area contributed by atoms with Crippen molar-refractivity contribution in [3.63, 3.8) is 0 Å².